The van der Waals surface area contributed by atoms with Crippen LogP contribution >= 0.6 is 0 Å². The van der Waals surface area contributed by atoms with Crippen molar-refractivity contribution in [1.82, 2.24) is 5.32 Å². The van der Waals surface area contributed by atoms with Crippen molar-refractivity contribution in [1.29, 1.82) is 0 Å². The molecule has 0 bridgehead atoms. The number of amides is 1. The van der Waals surface area contributed by atoms with Crippen LogP contribution in [0.2, 0.25) is 0 Å². The molecular formula is C18H21N3O2. The molecule has 1 aliphatic rings. The lowest BCUT2D eigenvalue weighted by atomic mass is 10.1. The third-order valence-electron chi connectivity index (χ3n) is 3.31. The molecule has 5 nitrogen and oxygen atoms in total. The highest BCUT2D eigenvalue weighted by Crippen LogP contribution is 2.26. The molecule has 1 aliphatic carbocycles. The van der Waals surface area contributed by atoms with Crippen molar-refractivity contribution in [3.05, 3.63) is 48.2 Å². The van der Waals surface area contributed by atoms with Crippen molar-refractivity contribution >= 4 is 29.3 Å². The topological polar surface area (TPSA) is 70.6 Å². The van der Waals surface area contributed by atoms with E-state index in [1.54, 1.807) is 0 Å². The predicted octanol–water partition coefficient (Wildman–Crippen LogP) is 3.13. The van der Waals surface area contributed by atoms with Crippen molar-refractivity contribution in [3.8, 4) is 0 Å². The molecule has 1 aromatic rings. The van der Waals surface area contributed by atoms with E-state index in [9.17, 15) is 9.59 Å². The predicted molar refractivity (Wildman–Crippen MR) is 93.0 cm³/mol. The number of nitrogens with zero attached hydrogens (tertiary/aromatic N) is 1. The maximum atomic E-state index is 11.8. The average Bonchev–Trinajstić information content (AvgIpc) is 2.57. The summed E-state index contributed by atoms with van der Waals surface area (Å²) in [4.78, 5) is 26.9. The first-order chi connectivity index (χ1) is 11.2. The fourth-order valence-electron chi connectivity index (χ4n) is 2.23. The Morgan fingerprint density at radius 2 is 2.17 bits per heavy atom. The van der Waals surface area contributed by atoms with Crippen LogP contribution in [-0.2, 0) is 9.59 Å². The molecule has 0 radical (unpaired) electrons. The Morgan fingerprint density at radius 3 is 2.96 bits per heavy atom. The summed E-state index contributed by atoms with van der Waals surface area (Å²) in [6, 6.07) is 7.81. The quantitative estimate of drug-likeness (QED) is 0.760. The molecule has 1 aromatic carbocycles. The zero-order chi connectivity index (χ0) is 16.5. The van der Waals surface area contributed by atoms with Gasteiger partial charge in [0, 0.05) is 25.8 Å². The molecular weight excluding hydrogens is 290 g/mol. The van der Waals surface area contributed by atoms with Crippen LogP contribution in [0.3, 0.4) is 0 Å². The first kappa shape index (κ1) is 16.7. The first-order valence-electron chi connectivity index (χ1n) is 7.75. The van der Waals surface area contributed by atoms with Gasteiger partial charge < -0.3 is 15.4 Å². The molecule has 0 heterocycles. The summed E-state index contributed by atoms with van der Waals surface area (Å²) in [5, 5.41) is 6.11. The largest absolute Gasteiger partial charge is 0.384 e. The Morgan fingerprint density at radius 1 is 1.35 bits per heavy atom. The highest BCUT2D eigenvalue weighted by molar-refractivity contribution is 6.06. The molecule has 0 saturated heterocycles. The van der Waals surface area contributed by atoms with Crippen LogP contribution < -0.4 is 10.6 Å². The molecule has 5 heteroatoms. The van der Waals surface area contributed by atoms with Crippen LogP contribution in [0.4, 0.5) is 11.4 Å². The van der Waals surface area contributed by atoms with E-state index in [0.29, 0.717) is 12.1 Å². The van der Waals surface area contributed by atoms with E-state index < -0.39 is 0 Å². The van der Waals surface area contributed by atoms with E-state index in [4.69, 9.17) is 4.99 Å². The fraction of sp³-hybridized carbons (Fsp3) is 0.278. The van der Waals surface area contributed by atoms with Crippen LogP contribution in [0.25, 0.3) is 0 Å². The van der Waals surface area contributed by atoms with Gasteiger partial charge in [-0.25, -0.2) is 4.99 Å². The number of aliphatic imine (C=N–C) groups is 1. The number of hydrogen-bond donors (Lipinski definition) is 2. The minimum absolute atomic E-state index is 0.175. The standard InChI is InChI=1S/C18H21N3O2/c1-2-19-14-8-3-4-9-15(14)20-16-10-5-6-11-17(16)21-18(23)12-7-13-22/h3-6,8-9,11,13,19H,2,7,10,12H2,1H3,(H,21,23)/b20-16+. The van der Waals surface area contributed by atoms with Crippen molar-refractivity contribution in [2.45, 2.75) is 26.2 Å². The number of carbonyl (C=O) groups is 2. The van der Waals surface area contributed by atoms with Crippen LogP contribution in [0.5, 0.6) is 0 Å². The SMILES string of the molecule is CCNc1ccccc1/N=C1\CC=CC=C1NC(=O)CCC=O. The molecule has 120 valence electrons. The Bertz CT molecular complexity index is 660. The van der Waals surface area contributed by atoms with Crippen LogP contribution in [-0.4, -0.2) is 24.4 Å². The van der Waals surface area contributed by atoms with E-state index in [-0.39, 0.29) is 18.7 Å². The second kappa shape index (κ2) is 8.68. The van der Waals surface area contributed by atoms with Gasteiger partial charge in [0.15, 0.2) is 0 Å². The lowest BCUT2D eigenvalue weighted by Crippen LogP contribution is -2.27. The highest BCUT2D eigenvalue weighted by Gasteiger charge is 2.13. The lowest BCUT2D eigenvalue weighted by Gasteiger charge is -2.15. The maximum Gasteiger partial charge on any atom is 0.224 e. The summed E-state index contributed by atoms with van der Waals surface area (Å²) in [7, 11) is 0. The number of hydrogen-bond acceptors (Lipinski definition) is 4. The molecule has 1 amide bonds. The molecule has 0 unspecified atom stereocenters. The second-order valence-electron chi connectivity index (χ2n) is 5.07. The Balaban J connectivity index is 2.20. The second-order valence-corrected chi connectivity index (χ2v) is 5.07. The van der Waals surface area contributed by atoms with Gasteiger partial charge in [0.1, 0.15) is 6.29 Å². The van der Waals surface area contributed by atoms with Crippen LogP contribution in [0.1, 0.15) is 26.2 Å². The normalized spacial score (nSPS) is 15.2. The van der Waals surface area contributed by atoms with E-state index in [1.807, 2.05) is 49.4 Å². The number of aldehydes is 1. The number of benzene rings is 1. The van der Waals surface area contributed by atoms with Crippen molar-refractivity contribution < 1.29 is 9.59 Å². The van der Waals surface area contributed by atoms with Gasteiger partial charge in [0.25, 0.3) is 0 Å². The first-order valence-corrected chi connectivity index (χ1v) is 7.75. The van der Waals surface area contributed by atoms with E-state index in [2.05, 4.69) is 10.6 Å². The van der Waals surface area contributed by atoms with Gasteiger partial charge >= 0.3 is 0 Å². The van der Waals surface area contributed by atoms with Gasteiger partial charge in [0.05, 0.1) is 22.8 Å². The summed E-state index contributed by atoms with van der Waals surface area (Å²) in [5.41, 5.74) is 3.29. The minimum atomic E-state index is -0.175. The van der Waals surface area contributed by atoms with E-state index in [0.717, 1.165) is 29.9 Å². The zero-order valence-electron chi connectivity index (χ0n) is 13.2. The number of allylic oxidation sites excluding steroid dienone is 4. The Hall–Kier alpha value is -2.69. The van der Waals surface area contributed by atoms with E-state index in [1.165, 1.54) is 0 Å². The van der Waals surface area contributed by atoms with Crippen molar-refractivity contribution in [2.75, 3.05) is 11.9 Å². The van der Waals surface area contributed by atoms with E-state index >= 15 is 0 Å². The minimum Gasteiger partial charge on any atom is -0.384 e. The Kier molecular flexibility index (Phi) is 6.29. The smallest absolute Gasteiger partial charge is 0.224 e. The molecule has 0 atom stereocenters. The van der Waals surface area contributed by atoms with Crippen molar-refractivity contribution in [2.24, 2.45) is 4.99 Å². The number of nitrogens with one attached hydrogen (secondary N) is 2. The van der Waals surface area contributed by atoms with Crippen LogP contribution in [0, 0.1) is 0 Å². The number of carbonyl (C=O) groups excluding carboxylic acids is 2. The molecule has 2 rings (SSSR count). The summed E-state index contributed by atoms with van der Waals surface area (Å²) in [6.45, 7) is 2.85. The molecule has 0 aromatic heterocycles. The summed E-state index contributed by atoms with van der Waals surface area (Å²) in [6.07, 6.45) is 7.53. The molecule has 0 saturated carbocycles. The average molecular weight is 311 g/mol. The molecule has 0 spiro atoms. The number of anilines is 1. The summed E-state index contributed by atoms with van der Waals surface area (Å²) in [5.74, 6) is -0.175. The van der Waals surface area contributed by atoms with Gasteiger partial charge in [-0.2, -0.15) is 0 Å². The molecule has 0 aliphatic heterocycles. The van der Waals surface area contributed by atoms with Gasteiger partial charge in [-0.1, -0.05) is 24.3 Å². The molecule has 2 N–H and O–H groups in total. The van der Waals surface area contributed by atoms with Gasteiger partial charge in [-0.05, 0) is 25.1 Å². The molecule has 23 heavy (non-hydrogen) atoms. The number of rotatable bonds is 7. The fourth-order valence-corrected chi connectivity index (χ4v) is 2.23. The molecule has 0 fully saturated rings. The highest BCUT2D eigenvalue weighted by atomic mass is 16.1. The van der Waals surface area contributed by atoms with Gasteiger partial charge in [-0.15, -0.1) is 0 Å². The monoisotopic (exact) mass is 311 g/mol. The zero-order valence-corrected chi connectivity index (χ0v) is 13.2. The van der Waals surface area contributed by atoms with Crippen molar-refractivity contribution in [3.63, 3.8) is 0 Å². The lowest BCUT2D eigenvalue weighted by molar-refractivity contribution is -0.121. The van der Waals surface area contributed by atoms with Gasteiger partial charge in [0.2, 0.25) is 5.91 Å². The van der Waals surface area contributed by atoms with Gasteiger partial charge in [-0.3, -0.25) is 4.79 Å². The summed E-state index contributed by atoms with van der Waals surface area (Å²) < 4.78 is 0. The third kappa shape index (κ3) is 4.92. The third-order valence-corrected chi connectivity index (χ3v) is 3.31. The Labute approximate surface area is 136 Å². The van der Waals surface area contributed by atoms with Crippen LogP contribution in [0.15, 0.2) is 53.2 Å². The maximum absolute atomic E-state index is 11.8. The number of para-hydroxylation sites is 2. The summed E-state index contributed by atoms with van der Waals surface area (Å²) >= 11 is 0.